The van der Waals surface area contributed by atoms with Gasteiger partial charge in [-0.3, -0.25) is 19.3 Å². The summed E-state index contributed by atoms with van der Waals surface area (Å²) in [6.45, 7) is 7.41. The third kappa shape index (κ3) is 5.45. The number of unbranched alkanes of at least 4 members (excludes halogenated alkanes) is 3. The number of hydrogen-bond acceptors (Lipinski definition) is 7. The highest BCUT2D eigenvalue weighted by Gasteiger charge is 2.76. The summed E-state index contributed by atoms with van der Waals surface area (Å²) in [6, 6.07) is -0.758. The molecule has 3 amide bonds. The third-order valence-corrected chi connectivity index (χ3v) is 8.87. The first-order chi connectivity index (χ1) is 17.4. The molecule has 4 aliphatic heterocycles. The van der Waals surface area contributed by atoms with Crippen molar-refractivity contribution in [3.8, 4) is 0 Å². The largest absolute Gasteiger partial charge is 0.396 e. The zero-order chi connectivity index (χ0) is 25.7. The maximum atomic E-state index is 13.8. The lowest BCUT2D eigenvalue weighted by Crippen LogP contribution is -2.56. The van der Waals surface area contributed by atoms with Crippen LogP contribution in [-0.2, 0) is 23.9 Å². The molecule has 0 aromatic carbocycles. The highest BCUT2D eigenvalue weighted by atomic mass is 79.9. The van der Waals surface area contributed by atoms with Crippen molar-refractivity contribution < 1.29 is 29.0 Å². The topological polar surface area (TPSA) is 120 Å². The van der Waals surface area contributed by atoms with Gasteiger partial charge in [0, 0.05) is 50.7 Å². The van der Waals surface area contributed by atoms with Crippen molar-refractivity contribution in [2.24, 2.45) is 11.8 Å². The summed E-state index contributed by atoms with van der Waals surface area (Å²) in [5, 5.41) is 15.1. The molecule has 4 saturated heterocycles. The van der Waals surface area contributed by atoms with Crippen LogP contribution in [0.4, 0.5) is 0 Å². The van der Waals surface area contributed by atoms with Gasteiger partial charge in [0.15, 0.2) is 0 Å². The summed E-state index contributed by atoms with van der Waals surface area (Å²) in [5.41, 5.74) is -1.00. The van der Waals surface area contributed by atoms with Crippen molar-refractivity contribution in [3.63, 3.8) is 0 Å². The van der Waals surface area contributed by atoms with Gasteiger partial charge in [-0.15, -0.1) is 0 Å². The molecular formula is C25H41BrN4O6. The van der Waals surface area contributed by atoms with Crippen LogP contribution >= 0.6 is 15.9 Å². The zero-order valence-electron chi connectivity index (χ0n) is 21.3. The smallest absolute Gasteiger partial charge is 0.245 e. The zero-order valence-corrected chi connectivity index (χ0v) is 22.8. The van der Waals surface area contributed by atoms with Crippen molar-refractivity contribution in [2.75, 3.05) is 59.1 Å². The van der Waals surface area contributed by atoms with Crippen molar-refractivity contribution in [1.29, 1.82) is 0 Å². The van der Waals surface area contributed by atoms with Crippen molar-refractivity contribution >= 4 is 33.7 Å². The SMILES string of the molecule is CCCNC(=O)[C@H]1[C@H]2C(=O)N(CCCCCCO)C(C(=O)NCCN3CCOCC3)C23CC(Br)[C@@H]1O3. The van der Waals surface area contributed by atoms with E-state index < -0.39 is 29.6 Å². The maximum absolute atomic E-state index is 13.8. The Morgan fingerprint density at radius 3 is 2.53 bits per heavy atom. The van der Waals surface area contributed by atoms with Crippen LogP contribution in [0.5, 0.6) is 0 Å². The fraction of sp³-hybridized carbons (Fsp3) is 0.880. The molecule has 0 saturated carbocycles. The Bertz CT molecular complexity index is 797. The van der Waals surface area contributed by atoms with Gasteiger partial charge >= 0.3 is 0 Å². The number of nitrogens with one attached hydrogen (secondary N) is 2. The van der Waals surface area contributed by atoms with Gasteiger partial charge in [-0.2, -0.15) is 0 Å². The molecule has 3 N–H and O–H groups in total. The molecule has 1 spiro atoms. The van der Waals surface area contributed by atoms with E-state index in [2.05, 4.69) is 31.5 Å². The first-order valence-corrected chi connectivity index (χ1v) is 14.4. The maximum Gasteiger partial charge on any atom is 0.245 e. The number of amides is 3. The molecule has 0 aliphatic carbocycles. The third-order valence-electron chi connectivity index (χ3n) is 8.03. The van der Waals surface area contributed by atoms with Gasteiger partial charge in [0.05, 0.1) is 31.2 Å². The predicted molar refractivity (Wildman–Crippen MR) is 137 cm³/mol. The molecule has 204 valence electrons. The quantitative estimate of drug-likeness (QED) is 0.214. The van der Waals surface area contributed by atoms with Crippen LogP contribution in [0.15, 0.2) is 0 Å². The van der Waals surface area contributed by atoms with E-state index in [0.29, 0.717) is 39.3 Å². The van der Waals surface area contributed by atoms with Gasteiger partial charge in [-0.25, -0.2) is 0 Å². The van der Waals surface area contributed by atoms with E-state index in [0.717, 1.165) is 51.7 Å². The Kier molecular flexibility index (Phi) is 9.65. The fourth-order valence-electron chi connectivity index (χ4n) is 6.34. The van der Waals surface area contributed by atoms with Gasteiger partial charge in [0.1, 0.15) is 11.6 Å². The number of aliphatic hydroxyl groups is 1. The number of hydrogen-bond donors (Lipinski definition) is 3. The number of alkyl halides is 1. The monoisotopic (exact) mass is 572 g/mol. The summed E-state index contributed by atoms with van der Waals surface area (Å²) >= 11 is 3.70. The van der Waals surface area contributed by atoms with E-state index >= 15 is 0 Å². The molecule has 4 aliphatic rings. The predicted octanol–water partition coefficient (Wildman–Crippen LogP) is 0.262. The molecule has 0 radical (unpaired) electrons. The van der Waals surface area contributed by atoms with Gasteiger partial charge in [-0.05, 0) is 25.7 Å². The minimum Gasteiger partial charge on any atom is -0.396 e. The standard InChI is InChI=1S/C25H41BrN4O6/c1-2-7-27-22(32)18-19-24(34)30(9-5-3-4-6-13-31)21(25(19)16-17(26)20(18)36-25)23(33)28-8-10-29-11-14-35-15-12-29/h17-21,31H,2-16H2,1H3,(H,27,32)(H,28,33)/t17?,18-,19-,20-,21?,25?/m0/s1. The lowest BCUT2D eigenvalue weighted by Gasteiger charge is -2.34. The van der Waals surface area contributed by atoms with Crippen LogP contribution in [0, 0.1) is 11.8 Å². The minimum absolute atomic E-state index is 0.0907. The van der Waals surface area contributed by atoms with E-state index in [1.54, 1.807) is 4.90 Å². The van der Waals surface area contributed by atoms with E-state index in [4.69, 9.17) is 14.6 Å². The first kappa shape index (κ1) is 27.8. The Morgan fingerprint density at radius 1 is 1.08 bits per heavy atom. The van der Waals surface area contributed by atoms with Crippen LogP contribution in [0.3, 0.4) is 0 Å². The van der Waals surface area contributed by atoms with Gasteiger partial charge < -0.3 is 30.1 Å². The molecular weight excluding hydrogens is 532 g/mol. The Labute approximate surface area is 221 Å². The minimum atomic E-state index is -1.00. The average molecular weight is 574 g/mol. The normalized spacial score (nSPS) is 33.7. The summed E-state index contributed by atoms with van der Waals surface area (Å²) in [6.07, 6.45) is 4.09. The summed E-state index contributed by atoms with van der Waals surface area (Å²) in [4.78, 5) is 44.5. The molecule has 0 aromatic rings. The van der Waals surface area contributed by atoms with Crippen molar-refractivity contribution in [1.82, 2.24) is 20.4 Å². The van der Waals surface area contributed by atoms with E-state index in [-0.39, 0.29) is 29.2 Å². The number of ether oxygens (including phenoxy) is 2. The highest BCUT2D eigenvalue weighted by molar-refractivity contribution is 9.09. The number of halogens is 1. The van der Waals surface area contributed by atoms with E-state index in [1.807, 2.05) is 6.92 Å². The molecule has 36 heavy (non-hydrogen) atoms. The Balaban J connectivity index is 1.51. The number of rotatable bonds is 13. The van der Waals surface area contributed by atoms with Gasteiger partial charge in [-0.1, -0.05) is 35.7 Å². The number of aliphatic hydroxyl groups excluding tert-OH is 1. The van der Waals surface area contributed by atoms with Crippen LogP contribution in [0.1, 0.15) is 45.4 Å². The average Bonchev–Trinajstić information content (AvgIpc) is 3.46. The highest BCUT2D eigenvalue weighted by Crippen LogP contribution is 2.59. The number of nitrogens with zero attached hydrogens (tertiary/aromatic N) is 2. The molecule has 0 aromatic heterocycles. The van der Waals surface area contributed by atoms with Crippen LogP contribution in [0.25, 0.3) is 0 Å². The van der Waals surface area contributed by atoms with Gasteiger partial charge in [0.2, 0.25) is 17.7 Å². The van der Waals surface area contributed by atoms with Crippen LogP contribution in [0.2, 0.25) is 0 Å². The van der Waals surface area contributed by atoms with Crippen LogP contribution in [-0.4, -0.2) is 114 Å². The molecule has 2 bridgehead atoms. The van der Waals surface area contributed by atoms with Crippen LogP contribution < -0.4 is 10.6 Å². The summed E-state index contributed by atoms with van der Waals surface area (Å²) in [7, 11) is 0. The Hall–Kier alpha value is -1.27. The lowest BCUT2D eigenvalue weighted by atomic mass is 9.70. The second kappa shape index (κ2) is 12.5. The van der Waals surface area contributed by atoms with Crippen molar-refractivity contribution in [3.05, 3.63) is 0 Å². The van der Waals surface area contributed by atoms with E-state index in [1.165, 1.54) is 0 Å². The van der Waals surface area contributed by atoms with Crippen molar-refractivity contribution in [2.45, 2.75) is 68.0 Å². The number of likely N-dealkylation sites (tertiary alicyclic amines) is 1. The fourth-order valence-corrected chi connectivity index (χ4v) is 7.29. The summed E-state index contributed by atoms with van der Waals surface area (Å²) in [5.74, 6) is -1.78. The second-order valence-corrected chi connectivity index (χ2v) is 11.5. The molecule has 11 heteroatoms. The molecule has 4 rings (SSSR count). The molecule has 10 nitrogen and oxygen atoms in total. The number of morpholine rings is 1. The number of carbonyl (C=O) groups excluding carboxylic acids is 3. The summed E-state index contributed by atoms with van der Waals surface area (Å²) < 4.78 is 11.9. The lowest BCUT2D eigenvalue weighted by molar-refractivity contribution is -0.142. The van der Waals surface area contributed by atoms with Gasteiger partial charge in [0.25, 0.3) is 0 Å². The van der Waals surface area contributed by atoms with E-state index in [9.17, 15) is 14.4 Å². The number of fused-ring (bicyclic) bond motifs is 1. The molecule has 3 unspecified atom stereocenters. The molecule has 4 heterocycles. The molecule has 6 atom stereocenters. The number of carbonyl (C=O) groups is 3. The second-order valence-electron chi connectivity index (χ2n) is 10.4. The first-order valence-electron chi connectivity index (χ1n) is 13.5. The Morgan fingerprint density at radius 2 is 1.81 bits per heavy atom. The molecule has 4 fully saturated rings.